The molecule has 0 saturated carbocycles. The van der Waals surface area contributed by atoms with Gasteiger partial charge in [-0.3, -0.25) is 4.79 Å². The number of nitrogens with one attached hydrogen (secondary N) is 1. The minimum absolute atomic E-state index is 0.176. The second-order valence-corrected chi connectivity index (χ2v) is 5.67. The fourth-order valence-electron chi connectivity index (χ4n) is 2.71. The largest absolute Gasteiger partial charge is 0.320 e. The van der Waals surface area contributed by atoms with Gasteiger partial charge in [-0.15, -0.1) is 0 Å². The number of para-hydroxylation sites is 1. The van der Waals surface area contributed by atoms with Gasteiger partial charge in [0.2, 0.25) is 0 Å². The molecule has 0 saturated heterocycles. The summed E-state index contributed by atoms with van der Waals surface area (Å²) >= 11 is 6.06. The molecule has 0 aliphatic carbocycles. The Kier molecular flexibility index (Phi) is 3.99. The highest BCUT2D eigenvalue weighted by atomic mass is 35.5. The van der Waals surface area contributed by atoms with Gasteiger partial charge in [0, 0.05) is 10.6 Å². The average Bonchev–Trinajstić information content (AvgIpc) is 2.83. The first kappa shape index (κ1) is 14.8. The number of carbonyl (C=O) groups excluding carboxylic acids is 1. The van der Waals surface area contributed by atoms with Crippen LogP contribution < -0.4 is 5.32 Å². The predicted molar refractivity (Wildman–Crippen MR) is 91.5 cm³/mol. The zero-order chi connectivity index (χ0) is 15.7. The van der Waals surface area contributed by atoms with Gasteiger partial charge < -0.3 is 5.32 Å². The van der Waals surface area contributed by atoms with Crippen LogP contribution >= 0.6 is 11.6 Å². The Balaban J connectivity index is 2.18. The number of nitrogens with zero attached hydrogens (tertiary/aromatic N) is 1. The summed E-state index contributed by atoms with van der Waals surface area (Å²) < 4.78 is 0. The SMILES string of the molecule is CCc1cccc(CC)c1N=C1C(=O)Nc2ccc(Cl)cc21. The van der Waals surface area contributed by atoms with Crippen LogP contribution in [0.25, 0.3) is 0 Å². The van der Waals surface area contributed by atoms with Crippen molar-refractivity contribution in [3.63, 3.8) is 0 Å². The van der Waals surface area contributed by atoms with E-state index in [4.69, 9.17) is 16.6 Å². The van der Waals surface area contributed by atoms with Crippen LogP contribution in [0.2, 0.25) is 5.02 Å². The van der Waals surface area contributed by atoms with Crippen LogP contribution in [0.5, 0.6) is 0 Å². The van der Waals surface area contributed by atoms with Crippen molar-refractivity contribution in [3.05, 3.63) is 58.1 Å². The second-order valence-electron chi connectivity index (χ2n) is 5.24. The number of rotatable bonds is 3. The first-order valence-electron chi connectivity index (χ1n) is 7.44. The maximum atomic E-state index is 12.3. The lowest BCUT2D eigenvalue weighted by Crippen LogP contribution is -2.14. The van der Waals surface area contributed by atoms with Crippen molar-refractivity contribution in [2.45, 2.75) is 26.7 Å². The van der Waals surface area contributed by atoms with Crippen molar-refractivity contribution in [2.75, 3.05) is 5.32 Å². The van der Waals surface area contributed by atoms with E-state index in [-0.39, 0.29) is 5.91 Å². The molecular weight excluding hydrogens is 296 g/mol. The van der Waals surface area contributed by atoms with Crippen LogP contribution in [-0.2, 0) is 17.6 Å². The number of halogens is 1. The minimum Gasteiger partial charge on any atom is -0.320 e. The van der Waals surface area contributed by atoms with Gasteiger partial charge in [-0.05, 0) is 42.2 Å². The number of aryl methyl sites for hydroxylation is 2. The van der Waals surface area contributed by atoms with E-state index in [1.807, 2.05) is 12.1 Å². The Morgan fingerprint density at radius 1 is 1.09 bits per heavy atom. The molecule has 112 valence electrons. The van der Waals surface area contributed by atoms with Gasteiger partial charge in [-0.25, -0.2) is 4.99 Å². The van der Waals surface area contributed by atoms with Gasteiger partial charge in [-0.1, -0.05) is 43.6 Å². The predicted octanol–water partition coefficient (Wildman–Crippen LogP) is 4.54. The average molecular weight is 313 g/mol. The summed E-state index contributed by atoms with van der Waals surface area (Å²) in [6.45, 7) is 4.19. The monoisotopic (exact) mass is 312 g/mol. The maximum absolute atomic E-state index is 12.3. The topological polar surface area (TPSA) is 41.5 Å². The van der Waals surface area contributed by atoms with Crippen molar-refractivity contribution in [1.82, 2.24) is 0 Å². The fourth-order valence-corrected chi connectivity index (χ4v) is 2.88. The van der Waals surface area contributed by atoms with Crippen molar-refractivity contribution < 1.29 is 4.79 Å². The van der Waals surface area contributed by atoms with Crippen LogP contribution in [-0.4, -0.2) is 11.6 Å². The Hall–Kier alpha value is -2.13. The number of carbonyl (C=O) groups is 1. The summed E-state index contributed by atoms with van der Waals surface area (Å²) in [6, 6.07) is 11.5. The van der Waals surface area contributed by atoms with Gasteiger partial charge in [0.15, 0.2) is 0 Å². The molecule has 0 fully saturated rings. The molecule has 0 radical (unpaired) electrons. The van der Waals surface area contributed by atoms with Crippen LogP contribution in [0.1, 0.15) is 30.5 Å². The lowest BCUT2D eigenvalue weighted by molar-refractivity contribution is -0.110. The molecule has 1 aliphatic rings. The van der Waals surface area contributed by atoms with Crippen LogP contribution in [0.15, 0.2) is 41.4 Å². The third-order valence-electron chi connectivity index (χ3n) is 3.89. The number of hydrogen-bond donors (Lipinski definition) is 1. The highest BCUT2D eigenvalue weighted by Gasteiger charge is 2.26. The van der Waals surface area contributed by atoms with E-state index in [1.165, 1.54) is 0 Å². The number of amides is 1. The van der Waals surface area contributed by atoms with Crippen molar-refractivity contribution in [1.29, 1.82) is 0 Å². The van der Waals surface area contributed by atoms with Crippen LogP contribution in [0.3, 0.4) is 0 Å². The Morgan fingerprint density at radius 2 is 1.77 bits per heavy atom. The molecule has 0 unspecified atom stereocenters. The number of hydrogen-bond acceptors (Lipinski definition) is 2. The van der Waals surface area contributed by atoms with E-state index in [2.05, 4.69) is 31.3 Å². The van der Waals surface area contributed by atoms with E-state index in [0.717, 1.165) is 40.9 Å². The Labute approximate surface area is 135 Å². The lowest BCUT2D eigenvalue weighted by atomic mass is 10.0. The molecule has 0 aromatic heterocycles. The summed E-state index contributed by atoms with van der Waals surface area (Å²) in [5, 5.41) is 3.44. The third kappa shape index (κ3) is 2.53. The molecule has 22 heavy (non-hydrogen) atoms. The number of anilines is 1. The third-order valence-corrected chi connectivity index (χ3v) is 4.12. The highest BCUT2D eigenvalue weighted by Crippen LogP contribution is 2.31. The molecule has 0 atom stereocenters. The number of benzene rings is 2. The Bertz CT molecular complexity index is 758. The summed E-state index contributed by atoms with van der Waals surface area (Å²) in [5.41, 5.74) is 5.18. The van der Waals surface area contributed by atoms with E-state index >= 15 is 0 Å². The molecule has 3 nitrogen and oxygen atoms in total. The molecular formula is C18H17ClN2O. The fraction of sp³-hybridized carbons (Fsp3) is 0.222. The van der Waals surface area contributed by atoms with Gasteiger partial charge in [0.1, 0.15) is 5.71 Å². The number of aliphatic imine (C=N–C) groups is 1. The van der Waals surface area contributed by atoms with E-state index < -0.39 is 0 Å². The molecule has 0 bridgehead atoms. The minimum atomic E-state index is -0.176. The van der Waals surface area contributed by atoms with E-state index in [0.29, 0.717) is 10.7 Å². The lowest BCUT2D eigenvalue weighted by Gasteiger charge is -2.09. The van der Waals surface area contributed by atoms with Crippen molar-refractivity contribution >= 4 is 34.6 Å². The van der Waals surface area contributed by atoms with Crippen LogP contribution in [0.4, 0.5) is 11.4 Å². The van der Waals surface area contributed by atoms with E-state index in [9.17, 15) is 4.79 Å². The summed E-state index contributed by atoms with van der Waals surface area (Å²) in [4.78, 5) is 17.0. The first-order chi connectivity index (χ1) is 10.6. The second kappa shape index (κ2) is 5.93. The van der Waals surface area contributed by atoms with E-state index in [1.54, 1.807) is 12.1 Å². The molecule has 1 heterocycles. The molecule has 2 aromatic rings. The smallest absolute Gasteiger partial charge is 0.275 e. The maximum Gasteiger partial charge on any atom is 0.275 e. The number of fused-ring (bicyclic) bond motifs is 1. The van der Waals surface area contributed by atoms with Gasteiger partial charge in [0.25, 0.3) is 5.91 Å². The van der Waals surface area contributed by atoms with Crippen LogP contribution in [0, 0.1) is 0 Å². The first-order valence-corrected chi connectivity index (χ1v) is 7.82. The Morgan fingerprint density at radius 3 is 2.41 bits per heavy atom. The standard InChI is InChI=1S/C18H17ClN2O/c1-3-11-6-5-7-12(4-2)16(11)21-17-14-10-13(19)8-9-15(14)20-18(17)22/h5-10H,3-4H2,1-2H3,(H,20,21,22). The molecule has 4 heteroatoms. The molecule has 1 N–H and O–H groups in total. The highest BCUT2D eigenvalue weighted by molar-refractivity contribution is 6.54. The molecule has 0 spiro atoms. The molecule has 2 aromatic carbocycles. The van der Waals surface area contributed by atoms with Crippen molar-refractivity contribution in [2.24, 2.45) is 4.99 Å². The molecule has 3 rings (SSSR count). The summed E-state index contributed by atoms with van der Waals surface area (Å²) in [7, 11) is 0. The van der Waals surface area contributed by atoms with Gasteiger partial charge in [0.05, 0.1) is 11.4 Å². The van der Waals surface area contributed by atoms with Gasteiger partial charge >= 0.3 is 0 Å². The molecule has 1 aliphatic heterocycles. The zero-order valence-electron chi connectivity index (χ0n) is 12.6. The summed E-state index contributed by atoms with van der Waals surface area (Å²) in [6.07, 6.45) is 1.76. The summed E-state index contributed by atoms with van der Waals surface area (Å²) in [5.74, 6) is -0.176. The van der Waals surface area contributed by atoms with Crippen molar-refractivity contribution in [3.8, 4) is 0 Å². The normalized spacial score (nSPS) is 15.0. The van der Waals surface area contributed by atoms with Gasteiger partial charge in [-0.2, -0.15) is 0 Å². The molecule has 1 amide bonds. The quantitative estimate of drug-likeness (QED) is 0.888. The zero-order valence-corrected chi connectivity index (χ0v) is 13.4.